The predicted octanol–water partition coefficient (Wildman–Crippen LogP) is 0.786. The Kier molecular flexibility index (Phi) is 3.84. The van der Waals surface area contributed by atoms with Crippen molar-refractivity contribution < 1.29 is 13.5 Å². The van der Waals surface area contributed by atoms with Gasteiger partial charge in [-0.1, -0.05) is 19.1 Å². The van der Waals surface area contributed by atoms with Crippen LogP contribution in [0.4, 0.5) is 0 Å². The second-order valence-corrected chi connectivity index (χ2v) is 4.99. The van der Waals surface area contributed by atoms with Crippen molar-refractivity contribution in [3.8, 4) is 0 Å². The summed E-state index contributed by atoms with van der Waals surface area (Å²) >= 11 is 0. The van der Waals surface area contributed by atoms with Gasteiger partial charge in [0, 0.05) is 6.54 Å². The number of benzene rings is 1. The number of sulfonamides is 1. The Morgan fingerprint density at radius 2 is 2.07 bits per heavy atom. The van der Waals surface area contributed by atoms with Gasteiger partial charge in [-0.05, 0) is 24.1 Å². The molecule has 0 saturated heterocycles. The number of aliphatic hydroxyl groups excluding tert-OH is 1. The first-order valence-electron chi connectivity index (χ1n) is 4.71. The zero-order chi connectivity index (χ0) is 11.5. The van der Waals surface area contributed by atoms with Crippen LogP contribution in [0.25, 0.3) is 0 Å². The second-order valence-electron chi connectivity index (χ2n) is 3.26. The summed E-state index contributed by atoms with van der Waals surface area (Å²) in [4.78, 5) is 0.232. The highest BCUT2D eigenvalue weighted by Gasteiger charge is 2.15. The molecule has 0 fully saturated rings. The Hall–Kier alpha value is -0.910. The summed E-state index contributed by atoms with van der Waals surface area (Å²) in [5.74, 6) is 0. The van der Waals surface area contributed by atoms with E-state index in [1.54, 1.807) is 26.0 Å². The predicted molar refractivity (Wildman–Crippen MR) is 58.0 cm³/mol. The van der Waals surface area contributed by atoms with Crippen LogP contribution in [0.3, 0.4) is 0 Å². The molecule has 0 aliphatic rings. The van der Waals surface area contributed by atoms with E-state index in [1.165, 1.54) is 6.07 Å². The van der Waals surface area contributed by atoms with Crippen LogP contribution in [0.5, 0.6) is 0 Å². The van der Waals surface area contributed by atoms with Gasteiger partial charge in [-0.25, -0.2) is 13.1 Å². The van der Waals surface area contributed by atoms with Gasteiger partial charge in [-0.2, -0.15) is 0 Å². The van der Waals surface area contributed by atoms with Gasteiger partial charge in [0.15, 0.2) is 0 Å². The van der Waals surface area contributed by atoms with Crippen molar-refractivity contribution in [3.05, 3.63) is 29.3 Å². The molecule has 0 radical (unpaired) electrons. The normalized spacial score (nSPS) is 11.7. The number of rotatable bonds is 4. The maximum Gasteiger partial charge on any atom is 0.240 e. The lowest BCUT2D eigenvalue weighted by molar-refractivity contribution is 0.281. The number of aliphatic hydroxyl groups is 1. The third-order valence-corrected chi connectivity index (χ3v) is 3.75. The summed E-state index contributed by atoms with van der Waals surface area (Å²) in [6.07, 6.45) is 0. The van der Waals surface area contributed by atoms with Crippen LogP contribution in [0, 0.1) is 6.92 Å². The number of hydrogen-bond donors (Lipinski definition) is 2. The maximum atomic E-state index is 11.7. The van der Waals surface area contributed by atoms with Gasteiger partial charge in [0.25, 0.3) is 0 Å². The van der Waals surface area contributed by atoms with Gasteiger partial charge in [-0.3, -0.25) is 0 Å². The molecule has 1 aromatic rings. The molecule has 0 saturated carbocycles. The summed E-state index contributed by atoms with van der Waals surface area (Å²) in [6.45, 7) is 3.65. The molecule has 0 aliphatic carbocycles. The minimum Gasteiger partial charge on any atom is -0.392 e. The lowest BCUT2D eigenvalue weighted by atomic mass is 10.2. The van der Waals surface area contributed by atoms with Crippen LogP contribution in [0.15, 0.2) is 23.1 Å². The largest absolute Gasteiger partial charge is 0.392 e. The van der Waals surface area contributed by atoms with E-state index in [2.05, 4.69) is 4.72 Å². The third-order valence-electron chi connectivity index (χ3n) is 2.06. The van der Waals surface area contributed by atoms with Crippen molar-refractivity contribution in [2.24, 2.45) is 0 Å². The Bertz CT molecular complexity index is 440. The van der Waals surface area contributed by atoms with E-state index >= 15 is 0 Å². The first-order valence-corrected chi connectivity index (χ1v) is 6.19. The number of nitrogens with one attached hydrogen (secondary N) is 1. The minimum atomic E-state index is -3.43. The molecule has 0 unspecified atom stereocenters. The van der Waals surface area contributed by atoms with Crippen molar-refractivity contribution in [3.63, 3.8) is 0 Å². The topological polar surface area (TPSA) is 66.4 Å². The van der Waals surface area contributed by atoms with Crippen LogP contribution < -0.4 is 4.72 Å². The Morgan fingerprint density at radius 1 is 1.40 bits per heavy atom. The van der Waals surface area contributed by atoms with Crippen LogP contribution >= 0.6 is 0 Å². The smallest absolute Gasteiger partial charge is 0.240 e. The molecule has 15 heavy (non-hydrogen) atoms. The molecule has 2 N–H and O–H groups in total. The quantitative estimate of drug-likeness (QED) is 0.802. The lowest BCUT2D eigenvalue weighted by Gasteiger charge is -2.09. The fourth-order valence-electron chi connectivity index (χ4n) is 1.30. The van der Waals surface area contributed by atoms with Gasteiger partial charge >= 0.3 is 0 Å². The molecular formula is C10H15NO3S. The molecule has 5 heteroatoms. The standard InChI is InChI=1S/C10H15NO3S/c1-3-11-15(13,14)10-6-9(7-12)5-4-8(10)2/h4-6,11-12H,3,7H2,1-2H3. The average Bonchev–Trinajstić information content (AvgIpc) is 2.18. The van der Waals surface area contributed by atoms with Gasteiger partial charge < -0.3 is 5.11 Å². The van der Waals surface area contributed by atoms with Crippen molar-refractivity contribution in [1.82, 2.24) is 4.72 Å². The van der Waals surface area contributed by atoms with Gasteiger partial charge in [-0.15, -0.1) is 0 Å². The van der Waals surface area contributed by atoms with Crippen LogP contribution in [-0.2, 0) is 16.6 Å². The fraction of sp³-hybridized carbons (Fsp3) is 0.400. The number of hydrogen-bond acceptors (Lipinski definition) is 3. The summed E-state index contributed by atoms with van der Waals surface area (Å²) in [5.41, 5.74) is 1.27. The monoisotopic (exact) mass is 229 g/mol. The summed E-state index contributed by atoms with van der Waals surface area (Å²) in [6, 6.07) is 4.89. The first kappa shape index (κ1) is 12.2. The van der Waals surface area contributed by atoms with Gasteiger partial charge in [0.2, 0.25) is 10.0 Å². The molecule has 4 nitrogen and oxygen atoms in total. The first-order chi connectivity index (χ1) is 7.01. The molecule has 0 atom stereocenters. The van der Waals surface area contributed by atoms with Crippen LogP contribution in [-0.4, -0.2) is 20.1 Å². The second kappa shape index (κ2) is 4.74. The molecule has 1 rings (SSSR count). The Balaban J connectivity index is 3.24. The zero-order valence-corrected chi connectivity index (χ0v) is 9.63. The zero-order valence-electron chi connectivity index (χ0n) is 8.82. The molecule has 0 aliphatic heterocycles. The van der Waals surface area contributed by atoms with Crippen molar-refractivity contribution in [2.45, 2.75) is 25.3 Å². The van der Waals surface area contributed by atoms with E-state index in [4.69, 9.17) is 5.11 Å². The molecule has 0 bridgehead atoms. The van der Waals surface area contributed by atoms with Gasteiger partial charge in [0.05, 0.1) is 11.5 Å². The third kappa shape index (κ3) is 2.77. The molecular weight excluding hydrogens is 214 g/mol. The van der Waals surface area contributed by atoms with Crippen LogP contribution in [0.2, 0.25) is 0 Å². The average molecular weight is 229 g/mol. The Labute approximate surface area is 90.0 Å². The van der Waals surface area contributed by atoms with Crippen molar-refractivity contribution in [1.29, 1.82) is 0 Å². The molecule has 84 valence electrons. The van der Waals surface area contributed by atoms with E-state index in [0.29, 0.717) is 17.7 Å². The maximum absolute atomic E-state index is 11.7. The molecule has 0 aromatic heterocycles. The highest BCUT2D eigenvalue weighted by Crippen LogP contribution is 2.16. The number of aryl methyl sites for hydroxylation is 1. The van der Waals surface area contributed by atoms with Crippen molar-refractivity contribution >= 4 is 10.0 Å². The molecule has 0 spiro atoms. The summed E-state index contributed by atoms with van der Waals surface area (Å²) in [7, 11) is -3.43. The highest BCUT2D eigenvalue weighted by atomic mass is 32.2. The minimum absolute atomic E-state index is 0.158. The SMILES string of the molecule is CCNS(=O)(=O)c1cc(CO)ccc1C. The molecule has 0 amide bonds. The van der Waals surface area contributed by atoms with E-state index in [-0.39, 0.29) is 11.5 Å². The Morgan fingerprint density at radius 3 is 2.60 bits per heavy atom. The van der Waals surface area contributed by atoms with E-state index < -0.39 is 10.0 Å². The molecule has 1 aromatic carbocycles. The van der Waals surface area contributed by atoms with Crippen molar-refractivity contribution in [2.75, 3.05) is 6.54 Å². The van der Waals surface area contributed by atoms with E-state index in [9.17, 15) is 8.42 Å². The summed E-state index contributed by atoms with van der Waals surface area (Å²) in [5, 5.41) is 8.93. The highest BCUT2D eigenvalue weighted by molar-refractivity contribution is 7.89. The lowest BCUT2D eigenvalue weighted by Crippen LogP contribution is -2.24. The van der Waals surface area contributed by atoms with E-state index in [1.807, 2.05) is 0 Å². The summed E-state index contributed by atoms with van der Waals surface area (Å²) < 4.78 is 25.9. The van der Waals surface area contributed by atoms with E-state index in [0.717, 1.165) is 0 Å². The van der Waals surface area contributed by atoms with Gasteiger partial charge in [0.1, 0.15) is 0 Å². The van der Waals surface area contributed by atoms with Crippen LogP contribution in [0.1, 0.15) is 18.1 Å². The molecule has 0 heterocycles. The fourth-order valence-corrected chi connectivity index (χ4v) is 2.63.